The van der Waals surface area contributed by atoms with Gasteiger partial charge >= 0.3 is 0 Å². The molecule has 1 rings (SSSR count). The summed E-state index contributed by atoms with van der Waals surface area (Å²) >= 11 is 5.59. The van der Waals surface area contributed by atoms with Gasteiger partial charge in [-0.1, -0.05) is 6.07 Å². The Hall–Kier alpha value is -0.650. The van der Waals surface area contributed by atoms with Gasteiger partial charge in [-0.2, -0.15) is 4.31 Å². The van der Waals surface area contributed by atoms with E-state index in [1.807, 2.05) is 0 Å². The van der Waals surface area contributed by atoms with E-state index in [4.69, 9.17) is 11.6 Å². The maximum absolute atomic E-state index is 13.1. The van der Waals surface area contributed by atoms with E-state index in [1.165, 1.54) is 22.5 Å². The molecule has 0 aliphatic carbocycles. The van der Waals surface area contributed by atoms with Crippen LogP contribution in [0.3, 0.4) is 0 Å². The molecule has 1 aromatic carbocycles. The molecular weight excluding hydrogens is 277 g/mol. The maximum atomic E-state index is 13.1. The predicted octanol–water partition coefficient (Wildman–Crippen LogP) is 2.85. The Kier molecular flexibility index (Phi) is 5.56. The minimum atomic E-state index is -3.66. The zero-order valence-corrected chi connectivity index (χ0v) is 12.0. The first-order valence-electron chi connectivity index (χ1n) is 5.73. The Morgan fingerprint density at radius 2 is 2.06 bits per heavy atom. The third-order valence-corrected chi connectivity index (χ3v) is 4.83. The highest BCUT2D eigenvalue weighted by molar-refractivity contribution is 7.89. The fourth-order valence-corrected chi connectivity index (χ4v) is 3.46. The molecule has 3 nitrogen and oxygen atoms in total. The predicted molar refractivity (Wildman–Crippen MR) is 70.8 cm³/mol. The largest absolute Gasteiger partial charge is 0.243 e. The monoisotopic (exact) mass is 293 g/mol. The number of hydrogen-bond donors (Lipinski definition) is 0. The summed E-state index contributed by atoms with van der Waals surface area (Å²) in [6.45, 7) is 3.90. The molecule has 0 aliphatic rings. The Morgan fingerprint density at radius 1 is 1.39 bits per heavy atom. The van der Waals surface area contributed by atoms with Crippen molar-refractivity contribution < 1.29 is 12.8 Å². The van der Waals surface area contributed by atoms with E-state index in [0.717, 1.165) is 6.07 Å². The van der Waals surface area contributed by atoms with Gasteiger partial charge in [-0.15, -0.1) is 11.6 Å². The summed E-state index contributed by atoms with van der Waals surface area (Å²) in [5.74, 6) is -0.167. The molecule has 0 amide bonds. The van der Waals surface area contributed by atoms with Crippen molar-refractivity contribution in [2.45, 2.75) is 31.2 Å². The normalized spacial score (nSPS) is 12.3. The van der Waals surface area contributed by atoms with E-state index in [9.17, 15) is 12.8 Å². The van der Waals surface area contributed by atoms with Crippen LogP contribution in [0.25, 0.3) is 0 Å². The summed E-state index contributed by atoms with van der Waals surface area (Å²) in [6, 6.07) is 4.85. The molecule has 0 atom stereocenters. The first-order valence-corrected chi connectivity index (χ1v) is 7.70. The lowest BCUT2D eigenvalue weighted by Gasteiger charge is -2.25. The average molecular weight is 294 g/mol. The zero-order chi connectivity index (χ0) is 13.8. The van der Waals surface area contributed by atoms with Crippen LogP contribution in [-0.4, -0.2) is 31.2 Å². The topological polar surface area (TPSA) is 37.4 Å². The van der Waals surface area contributed by atoms with Crippen LogP contribution >= 0.6 is 11.6 Å². The number of benzene rings is 1. The molecule has 0 aromatic heterocycles. The molecule has 0 aliphatic heterocycles. The minimum absolute atomic E-state index is 0.0224. The number of sulfonamides is 1. The Bertz CT molecular complexity index is 491. The van der Waals surface area contributed by atoms with Crippen molar-refractivity contribution >= 4 is 21.6 Å². The van der Waals surface area contributed by atoms with Crippen molar-refractivity contribution in [2.75, 3.05) is 12.4 Å². The maximum Gasteiger partial charge on any atom is 0.243 e. The van der Waals surface area contributed by atoms with E-state index in [2.05, 4.69) is 0 Å². The third-order valence-electron chi connectivity index (χ3n) is 2.49. The minimum Gasteiger partial charge on any atom is -0.207 e. The van der Waals surface area contributed by atoms with Crippen LogP contribution in [0.15, 0.2) is 29.2 Å². The SMILES string of the molecule is CC(C)N(CCCCl)S(=O)(=O)c1cccc(F)c1. The van der Waals surface area contributed by atoms with E-state index in [0.29, 0.717) is 18.8 Å². The molecule has 6 heteroatoms. The second-order valence-electron chi connectivity index (χ2n) is 4.21. The smallest absolute Gasteiger partial charge is 0.207 e. The summed E-state index contributed by atoms with van der Waals surface area (Å²) < 4.78 is 39.1. The molecule has 0 saturated carbocycles. The molecule has 0 radical (unpaired) electrons. The summed E-state index contributed by atoms with van der Waals surface area (Å²) in [4.78, 5) is -0.0224. The molecule has 0 N–H and O–H groups in total. The lowest BCUT2D eigenvalue weighted by molar-refractivity contribution is 0.354. The summed E-state index contributed by atoms with van der Waals surface area (Å²) in [5.41, 5.74) is 0. The summed E-state index contributed by atoms with van der Waals surface area (Å²) in [5, 5.41) is 0. The van der Waals surface area contributed by atoms with Gasteiger partial charge in [-0.05, 0) is 38.5 Å². The van der Waals surface area contributed by atoms with Crippen LogP contribution in [-0.2, 0) is 10.0 Å². The lowest BCUT2D eigenvalue weighted by atomic mass is 10.3. The van der Waals surface area contributed by atoms with Gasteiger partial charge in [-0.3, -0.25) is 0 Å². The van der Waals surface area contributed by atoms with Gasteiger partial charge in [0, 0.05) is 18.5 Å². The van der Waals surface area contributed by atoms with E-state index < -0.39 is 15.8 Å². The van der Waals surface area contributed by atoms with E-state index in [-0.39, 0.29) is 10.9 Å². The van der Waals surface area contributed by atoms with Crippen molar-refractivity contribution in [3.05, 3.63) is 30.1 Å². The van der Waals surface area contributed by atoms with Crippen molar-refractivity contribution in [1.82, 2.24) is 4.31 Å². The van der Waals surface area contributed by atoms with Crippen LogP contribution in [0.4, 0.5) is 4.39 Å². The Morgan fingerprint density at radius 3 is 2.56 bits per heavy atom. The van der Waals surface area contributed by atoms with Gasteiger partial charge in [0.05, 0.1) is 4.90 Å². The fraction of sp³-hybridized carbons (Fsp3) is 0.500. The average Bonchev–Trinajstić information content (AvgIpc) is 2.28. The second-order valence-corrected chi connectivity index (χ2v) is 6.48. The van der Waals surface area contributed by atoms with Crippen molar-refractivity contribution in [2.24, 2.45) is 0 Å². The molecule has 0 unspecified atom stereocenters. The fourth-order valence-electron chi connectivity index (χ4n) is 1.63. The molecule has 0 bridgehead atoms. The van der Waals surface area contributed by atoms with Gasteiger partial charge in [-0.25, -0.2) is 12.8 Å². The molecular formula is C12H17ClFNO2S. The summed E-state index contributed by atoms with van der Waals surface area (Å²) in [7, 11) is -3.66. The first kappa shape index (κ1) is 15.4. The first-order chi connectivity index (χ1) is 8.39. The molecule has 0 spiro atoms. The molecule has 102 valence electrons. The molecule has 0 heterocycles. The van der Waals surface area contributed by atoms with Gasteiger partial charge < -0.3 is 0 Å². The zero-order valence-electron chi connectivity index (χ0n) is 10.4. The van der Waals surface area contributed by atoms with Gasteiger partial charge in [0.25, 0.3) is 0 Å². The Balaban J connectivity index is 3.09. The molecule has 0 saturated heterocycles. The standard InChI is InChI=1S/C12H17ClFNO2S/c1-10(2)15(8-4-7-13)18(16,17)12-6-3-5-11(14)9-12/h3,5-6,9-10H,4,7-8H2,1-2H3. The van der Waals surface area contributed by atoms with Gasteiger partial charge in [0.2, 0.25) is 10.0 Å². The van der Waals surface area contributed by atoms with E-state index in [1.54, 1.807) is 13.8 Å². The van der Waals surface area contributed by atoms with Crippen LogP contribution in [0.5, 0.6) is 0 Å². The van der Waals surface area contributed by atoms with E-state index >= 15 is 0 Å². The van der Waals surface area contributed by atoms with Crippen LogP contribution < -0.4 is 0 Å². The van der Waals surface area contributed by atoms with Gasteiger partial charge in [0.15, 0.2) is 0 Å². The second kappa shape index (κ2) is 6.50. The number of hydrogen-bond acceptors (Lipinski definition) is 2. The quantitative estimate of drug-likeness (QED) is 0.756. The molecule has 0 fully saturated rings. The van der Waals surface area contributed by atoms with Crippen molar-refractivity contribution in [3.63, 3.8) is 0 Å². The van der Waals surface area contributed by atoms with Gasteiger partial charge in [0.1, 0.15) is 5.82 Å². The number of rotatable bonds is 6. The summed E-state index contributed by atoms with van der Waals surface area (Å²) in [6.07, 6.45) is 0.564. The lowest BCUT2D eigenvalue weighted by Crippen LogP contribution is -2.37. The van der Waals surface area contributed by atoms with Crippen LogP contribution in [0.1, 0.15) is 20.3 Å². The molecule has 18 heavy (non-hydrogen) atoms. The van der Waals surface area contributed by atoms with Crippen LogP contribution in [0, 0.1) is 5.82 Å². The third kappa shape index (κ3) is 3.67. The molecule has 1 aromatic rings. The number of nitrogens with zero attached hydrogens (tertiary/aromatic N) is 1. The highest BCUT2D eigenvalue weighted by Gasteiger charge is 2.26. The highest BCUT2D eigenvalue weighted by Crippen LogP contribution is 2.19. The Labute approximate surface area is 113 Å². The number of alkyl halides is 1. The van der Waals surface area contributed by atoms with Crippen molar-refractivity contribution in [1.29, 1.82) is 0 Å². The highest BCUT2D eigenvalue weighted by atomic mass is 35.5. The van der Waals surface area contributed by atoms with Crippen molar-refractivity contribution in [3.8, 4) is 0 Å². The van der Waals surface area contributed by atoms with Crippen LogP contribution in [0.2, 0.25) is 0 Å². The number of halogens is 2.